The quantitative estimate of drug-likeness (QED) is 0.530. The molecule has 0 bridgehead atoms. The second-order valence-electron chi connectivity index (χ2n) is 9.28. The molecule has 3 rings (SSSR count). The Kier molecular flexibility index (Phi) is 4.29. The first kappa shape index (κ1) is 18.4. The smallest absolute Gasteiger partial charge is 0.302 e. The van der Waals surface area contributed by atoms with Gasteiger partial charge in [-0.25, -0.2) is 0 Å². The van der Waals surface area contributed by atoms with Gasteiger partial charge in [-0.15, -0.1) is 0 Å². The summed E-state index contributed by atoms with van der Waals surface area (Å²) in [6.07, 6.45) is 10.6. The Morgan fingerprint density at radius 1 is 1.28 bits per heavy atom. The lowest BCUT2D eigenvalue weighted by molar-refractivity contribution is -0.162. The number of hydrogen-bond acceptors (Lipinski definition) is 3. The van der Waals surface area contributed by atoms with Crippen LogP contribution >= 0.6 is 0 Å². The summed E-state index contributed by atoms with van der Waals surface area (Å²) in [5, 5.41) is 0. The summed E-state index contributed by atoms with van der Waals surface area (Å²) in [6, 6.07) is 0. The van der Waals surface area contributed by atoms with Gasteiger partial charge in [-0.05, 0) is 63.7 Å². The Bertz CT molecular complexity index is 660. The van der Waals surface area contributed by atoms with E-state index in [2.05, 4.69) is 32.9 Å². The molecule has 0 heterocycles. The molecule has 3 nitrogen and oxygen atoms in total. The van der Waals surface area contributed by atoms with Gasteiger partial charge >= 0.3 is 5.97 Å². The highest BCUT2D eigenvalue weighted by Gasteiger charge is 2.61. The fourth-order valence-corrected chi connectivity index (χ4v) is 5.77. The average molecular weight is 344 g/mol. The molecule has 1 fully saturated rings. The number of carbonyl (C=O) groups excluding carboxylic acids is 2. The van der Waals surface area contributed by atoms with Crippen LogP contribution in [0.25, 0.3) is 0 Å². The fourth-order valence-electron chi connectivity index (χ4n) is 5.77. The molecule has 3 aliphatic rings. The lowest BCUT2D eigenvalue weighted by atomic mass is 9.44. The van der Waals surface area contributed by atoms with Crippen LogP contribution in [-0.2, 0) is 14.3 Å². The van der Waals surface area contributed by atoms with E-state index in [0.29, 0.717) is 5.92 Å². The highest BCUT2D eigenvalue weighted by atomic mass is 16.5. The molecule has 0 saturated heterocycles. The van der Waals surface area contributed by atoms with Crippen LogP contribution in [0, 0.1) is 28.1 Å². The Morgan fingerprint density at radius 2 is 1.96 bits per heavy atom. The molecule has 0 radical (unpaired) electrons. The van der Waals surface area contributed by atoms with Gasteiger partial charge < -0.3 is 4.74 Å². The number of esters is 1. The zero-order chi connectivity index (χ0) is 18.6. The van der Waals surface area contributed by atoms with Gasteiger partial charge in [-0.2, -0.15) is 0 Å². The molecule has 3 heteroatoms. The van der Waals surface area contributed by atoms with E-state index in [-0.39, 0.29) is 28.5 Å². The van der Waals surface area contributed by atoms with Gasteiger partial charge in [0, 0.05) is 12.3 Å². The summed E-state index contributed by atoms with van der Waals surface area (Å²) in [6.45, 7) is 11.9. The Morgan fingerprint density at radius 3 is 2.60 bits per heavy atom. The lowest BCUT2D eigenvalue weighted by Gasteiger charge is -2.59. The second kappa shape index (κ2) is 5.82. The third kappa shape index (κ3) is 2.62. The molecular formula is C22H32O3. The van der Waals surface area contributed by atoms with Crippen molar-refractivity contribution in [3.63, 3.8) is 0 Å². The third-order valence-electron chi connectivity index (χ3n) is 7.59. The van der Waals surface area contributed by atoms with Crippen LogP contribution in [0.5, 0.6) is 0 Å². The van der Waals surface area contributed by atoms with Crippen molar-refractivity contribution < 1.29 is 14.3 Å². The molecule has 0 aliphatic heterocycles. The predicted octanol–water partition coefficient (Wildman–Crippen LogP) is 4.86. The molecule has 0 aromatic carbocycles. The first-order valence-electron chi connectivity index (χ1n) is 9.63. The molecule has 138 valence electrons. The molecule has 0 aromatic rings. The van der Waals surface area contributed by atoms with Crippen molar-refractivity contribution in [2.75, 3.05) is 0 Å². The van der Waals surface area contributed by atoms with Gasteiger partial charge in [0.25, 0.3) is 0 Å². The number of rotatable bonds is 2. The van der Waals surface area contributed by atoms with Crippen LogP contribution in [0.1, 0.15) is 67.2 Å². The topological polar surface area (TPSA) is 43.4 Å². The minimum absolute atomic E-state index is 0.144. The third-order valence-corrected chi connectivity index (χ3v) is 7.59. The van der Waals surface area contributed by atoms with Crippen LogP contribution in [0.2, 0.25) is 0 Å². The number of ketones is 1. The van der Waals surface area contributed by atoms with Gasteiger partial charge in [0.1, 0.15) is 6.10 Å². The van der Waals surface area contributed by atoms with Crippen LogP contribution in [-0.4, -0.2) is 17.9 Å². The van der Waals surface area contributed by atoms with Crippen molar-refractivity contribution in [2.45, 2.75) is 73.3 Å². The molecule has 5 unspecified atom stereocenters. The summed E-state index contributed by atoms with van der Waals surface area (Å²) >= 11 is 0. The standard InChI is InChI=1S/C22H32O3/c1-14-7-10-21(5)17(13-14)8-11-22(6)18(21)9-12-20(4,19(22)24)15(2)25-16(3)23/h9,12-13,15,17-18H,7-8,10-11H2,1-6H3/t15-,17?,18?,20?,21?,22?/m0/s1. The van der Waals surface area contributed by atoms with E-state index in [1.807, 2.05) is 19.9 Å². The number of allylic oxidation sites excluding steroid dienone is 3. The highest BCUT2D eigenvalue weighted by molar-refractivity contribution is 5.94. The molecule has 0 amide bonds. The van der Waals surface area contributed by atoms with Gasteiger partial charge in [-0.1, -0.05) is 37.6 Å². The van der Waals surface area contributed by atoms with Gasteiger partial charge in [0.05, 0.1) is 5.41 Å². The molecule has 1 saturated carbocycles. The Hall–Kier alpha value is -1.38. The zero-order valence-corrected chi connectivity index (χ0v) is 16.5. The largest absolute Gasteiger partial charge is 0.461 e. The summed E-state index contributed by atoms with van der Waals surface area (Å²) in [7, 11) is 0. The monoisotopic (exact) mass is 344 g/mol. The normalized spacial score (nSPS) is 44.4. The van der Waals surface area contributed by atoms with E-state index in [1.54, 1.807) is 0 Å². The van der Waals surface area contributed by atoms with Crippen LogP contribution in [0.15, 0.2) is 23.8 Å². The Balaban J connectivity index is 2.01. The highest BCUT2D eigenvalue weighted by Crippen LogP contribution is 2.62. The molecule has 3 aliphatic carbocycles. The Labute approximate surface area is 151 Å². The van der Waals surface area contributed by atoms with Crippen LogP contribution in [0.4, 0.5) is 0 Å². The number of Topliss-reactive ketones (excluding diaryl/α,β-unsaturated/α-hetero) is 1. The van der Waals surface area contributed by atoms with Crippen molar-refractivity contribution >= 4 is 11.8 Å². The van der Waals surface area contributed by atoms with E-state index >= 15 is 0 Å². The summed E-state index contributed by atoms with van der Waals surface area (Å²) in [5.41, 5.74) is 0.526. The predicted molar refractivity (Wildman–Crippen MR) is 98.9 cm³/mol. The first-order valence-corrected chi connectivity index (χ1v) is 9.63. The van der Waals surface area contributed by atoms with Gasteiger partial charge in [0.15, 0.2) is 5.78 Å². The number of carbonyl (C=O) groups is 2. The molecule has 6 atom stereocenters. The van der Waals surface area contributed by atoms with Gasteiger partial charge in [-0.3, -0.25) is 9.59 Å². The molecular weight excluding hydrogens is 312 g/mol. The number of hydrogen-bond donors (Lipinski definition) is 0. The average Bonchev–Trinajstić information content (AvgIpc) is 2.52. The van der Waals surface area contributed by atoms with Crippen molar-refractivity contribution in [1.82, 2.24) is 0 Å². The minimum Gasteiger partial charge on any atom is -0.461 e. The van der Waals surface area contributed by atoms with Crippen molar-refractivity contribution in [3.05, 3.63) is 23.8 Å². The van der Waals surface area contributed by atoms with Crippen LogP contribution < -0.4 is 0 Å². The molecule has 0 spiro atoms. The van der Waals surface area contributed by atoms with E-state index in [4.69, 9.17) is 4.74 Å². The molecule has 0 N–H and O–H groups in total. The summed E-state index contributed by atoms with van der Waals surface area (Å²) < 4.78 is 5.41. The van der Waals surface area contributed by atoms with E-state index in [9.17, 15) is 9.59 Å². The van der Waals surface area contributed by atoms with Crippen molar-refractivity contribution in [1.29, 1.82) is 0 Å². The number of fused-ring (bicyclic) bond motifs is 3. The van der Waals surface area contributed by atoms with E-state index < -0.39 is 11.5 Å². The SMILES string of the molecule is CC(=O)O[C@@H](C)C1(C)C=CC2C(C)(CCC3C=C(C)CCC32C)C1=O. The maximum atomic E-state index is 13.6. The zero-order valence-electron chi connectivity index (χ0n) is 16.5. The van der Waals surface area contributed by atoms with Crippen molar-refractivity contribution in [3.8, 4) is 0 Å². The summed E-state index contributed by atoms with van der Waals surface area (Å²) in [5.74, 6) is 0.734. The summed E-state index contributed by atoms with van der Waals surface area (Å²) in [4.78, 5) is 25.1. The lowest BCUT2D eigenvalue weighted by Crippen LogP contribution is -2.59. The van der Waals surface area contributed by atoms with E-state index in [1.165, 1.54) is 12.5 Å². The maximum absolute atomic E-state index is 13.6. The molecule has 0 aromatic heterocycles. The van der Waals surface area contributed by atoms with E-state index in [0.717, 1.165) is 25.7 Å². The fraction of sp³-hybridized carbons (Fsp3) is 0.727. The van der Waals surface area contributed by atoms with Crippen LogP contribution in [0.3, 0.4) is 0 Å². The first-order chi connectivity index (χ1) is 11.5. The minimum atomic E-state index is -0.736. The maximum Gasteiger partial charge on any atom is 0.302 e. The van der Waals surface area contributed by atoms with Gasteiger partial charge in [0.2, 0.25) is 0 Å². The second-order valence-corrected chi connectivity index (χ2v) is 9.28. The van der Waals surface area contributed by atoms with Crippen molar-refractivity contribution in [2.24, 2.45) is 28.1 Å². The molecule has 25 heavy (non-hydrogen) atoms. The number of ether oxygens (including phenoxy) is 1.